The minimum atomic E-state index is -0.661. The molecule has 2 atom stereocenters. The first-order chi connectivity index (χ1) is 40.0. The summed E-state index contributed by atoms with van der Waals surface area (Å²) in [5.41, 5.74) is 0. The van der Waals surface area contributed by atoms with Crippen LogP contribution in [-0.2, 0) is 14.3 Å². The molecule has 482 valence electrons. The number of unbranched alkanes of at least 4 members (excludes halogenated alkanes) is 58. The van der Waals surface area contributed by atoms with E-state index in [-0.39, 0.29) is 18.5 Å². The molecule has 3 N–H and O–H groups in total. The summed E-state index contributed by atoms with van der Waals surface area (Å²) in [6.07, 6.45) is 88.6. The molecule has 0 radical (unpaired) electrons. The van der Waals surface area contributed by atoms with E-state index in [0.717, 1.165) is 38.5 Å². The van der Waals surface area contributed by atoms with Gasteiger partial charge in [0, 0.05) is 12.8 Å². The molecule has 0 aromatic heterocycles. The molecule has 1 amide bonds. The van der Waals surface area contributed by atoms with Crippen LogP contribution in [0.5, 0.6) is 0 Å². The van der Waals surface area contributed by atoms with Gasteiger partial charge in [0.05, 0.1) is 25.4 Å². The number of hydrogen-bond donors (Lipinski definition) is 3. The molecule has 0 aromatic rings. The Bertz CT molecular complexity index is 1220. The number of aliphatic hydroxyl groups is 2. The molecule has 0 fully saturated rings. The van der Waals surface area contributed by atoms with E-state index in [2.05, 4.69) is 31.3 Å². The predicted octanol–water partition coefficient (Wildman–Crippen LogP) is 24.3. The molecule has 0 heterocycles. The molecule has 0 aromatic carbocycles. The van der Waals surface area contributed by atoms with Crippen molar-refractivity contribution >= 4 is 11.9 Å². The fraction of sp³-hybridized carbons (Fsp3) is 0.947. The third-order valence-electron chi connectivity index (χ3n) is 17.8. The van der Waals surface area contributed by atoms with Crippen molar-refractivity contribution in [2.24, 2.45) is 0 Å². The molecule has 0 saturated carbocycles. The Morgan fingerprint density at radius 3 is 0.877 bits per heavy atom. The van der Waals surface area contributed by atoms with E-state index in [1.807, 2.05) is 0 Å². The smallest absolute Gasteiger partial charge is 0.305 e. The zero-order valence-corrected chi connectivity index (χ0v) is 55.3. The SMILES string of the molecule is CCCCCCCCCCCCCCCCCCCCCC(=O)OCCCCCCCCCCCCCC/C=C\CCCCCCCCCCCCCCCCCCC(=O)NC(CO)C(O)CCCCCCCCCCCCCCC. The molecule has 0 aliphatic rings. The number of nitrogens with one attached hydrogen (secondary N) is 1. The molecule has 0 rings (SSSR count). The van der Waals surface area contributed by atoms with E-state index in [1.165, 1.54) is 360 Å². The quantitative estimate of drug-likeness (QED) is 0.0320. The molecular formula is C75H147NO5. The molecule has 2 unspecified atom stereocenters. The summed E-state index contributed by atoms with van der Waals surface area (Å²) in [7, 11) is 0. The van der Waals surface area contributed by atoms with Crippen LogP contribution in [0, 0.1) is 0 Å². The van der Waals surface area contributed by atoms with Crippen LogP contribution in [0.1, 0.15) is 431 Å². The van der Waals surface area contributed by atoms with Gasteiger partial charge in [0.1, 0.15) is 0 Å². The van der Waals surface area contributed by atoms with Crippen molar-refractivity contribution in [3.05, 3.63) is 12.2 Å². The largest absolute Gasteiger partial charge is 0.466 e. The van der Waals surface area contributed by atoms with Crippen molar-refractivity contribution in [1.29, 1.82) is 0 Å². The fourth-order valence-electron chi connectivity index (χ4n) is 12.1. The number of carbonyl (C=O) groups excluding carboxylic acids is 2. The Labute approximate surface area is 508 Å². The maximum Gasteiger partial charge on any atom is 0.305 e. The third-order valence-corrected chi connectivity index (χ3v) is 17.8. The highest BCUT2D eigenvalue weighted by molar-refractivity contribution is 5.76. The predicted molar refractivity (Wildman–Crippen MR) is 357 cm³/mol. The van der Waals surface area contributed by atoms with Crippen molar-refractivity contribution in [2.75, 3.05) is 13.2 Å². The number of allylic oxidation sites excluding steroid dienone is 2. The van der Waals surface area contributed by atoms with Crippen molar-refractivity contribution in [3.8, 4) is 0 Å². The highest BCUT2D eigenvalue weighted by atomic mass is 16.5. The minimum absolute atomic E-state index is 0.0241. The topological polar surface area (TPSA) is 95.9 Å². The van der Waals surface area contributed by atoms with Gasteiger partial charge in [0.15, 0.2) is 0 Å². The summed E-state index contributed by atoms with van der Waals surface area (Å²) in [5.74, 6) is -0.00559. The Hall–Kier alpha value is -1.40. The van der Waals surface area contributed by atoms with Gasteiger partial charge in [-0.05, 0) is 51.4 Å². The van der Waals surface area contributed by atoms with Gasteiger partial charge < -0.3 is 20.3 Å². The van der Waals surface area contributed by atoms with Gasteiger partial charge in [-0.15, -0.1) is 0 Å². The second-order valence-corrected chi connectivity index (χ2v) is 26.0. The van der Waals surface area contributed by atoms with Crippen molar-refractivity contribution in [3.63, 3.8) is 0 Å². The highest BCUT2D eigenvalue weighted by Crippen LogP contribution is 2.20. The summed E-state index contributed by atoms with van der Waals surface area (Å²) < 4.78 is 5.52. The van der Waals surface area contributed by atoms with Gasteiger partial charge in [-0.2, -0.15) is 0 Å². The van der Waals surface area contributed by atoms with E-state index >= 15 is 0 Å². The first kappa shape index (κ1) is 79.6. The lowest BCUT2D eigenvalue weighted by atomic mass is 10.0. The third kappa shape index (κ3) is 67.6. The normalized spacial score (nSPS) is 12.5. The maximum atomic E-state index is 12.5. The van der Waals surface area contributed by atoms with E-state index in [0.29, 0.717) is 25.9 Å². The summed E-state index contributed by atoms with van der Waals surface area (Å²) >= 11 is 0. The Balaban J connectivity index is 3.31. The summed E-state index contributed by atoms with van der Waals surface area (Å²) in [4.78, 5) is 24.6. The number of ether oxygens (including phenoxy) is 1. The first-order valence-electron chi connectivity index (χ1n) is 37.4. The highest BCUT2D eigenvalue weighted by Gasteiger charge is 2.20. The van der Waals surface area contributed by atoms with Gasteiger partial charge in [-0.1, -0.05) is 379 Å². The van der Waals surface area contributed by atoms with Gasteiger partial charge >= 0.3 is 5.97 Å². The second kappa shape index (κ2) is 71.1. The van der Waals surface area contributed by atoms with Crippen LogP contribution >= 0.6 is 0 Å². The number of hydrogen-bond acceptors (Lipinski definition) is 5. The summed E-state index contributed by atoms with van der Waals surface area (Å²) in [5, 5.41) is 23.3. The van der Waals surface area contributed by atoms with E-state index in [9.17, 15) is 19.8 Å². The lowest BCUT2D eigenvalue weighted by molar-refractivity contribution is -0.143. The van der Waals surface area contributed by atoms with E-state index < -0.39 is 12.1 Å². The molecule has 6 heteroatoms. The minimum Gasteiger partial charge on any atom is -0.466 e. The van der Waals surface area contributed by atoms with Gasteiger partial charge in [-0.25, -0.2) is 0 Å². The molecule has 6 nitrogen and oxygen atoms in total. The van der Waals surface area contributed by atoms with Gasteiger partial charge in [-0.3, -0.25) is 9.59 Å². The van der Waals surface area contributed by atoms with Gasteiger partial charge in [0.2, 0.25) is 5.91 Å². The molecule has 0 aliphatic heterocycles. The summed E-state index contributed by atoms with van der Waals surface area (Å²) in [6.45, 7) is 5.00. The molecule has 0 spiro atoms. The lowest BCUT2D eigenvalue weighted by Crippen LogP contribution is -2.45. The summed E-state index contributed by atoms with van der Waals surface area (Å²) in [6, 6.07) is -0.538. The average molecular weight is 1140 g/mol. The monoisotopic (exact) mass is 1140 g/mol. The van der Waals surface area contributed by atoms with E-state index in [4.69, 9.17) is 4.74 Å². The van der Waals surface area contributed by atoms with Crippen molar-refractivity contribution in [2.45, 2.75) is 443 Å². The Kier molecular flexibility index (Phi) is 69.9. The van der Waals surface area contributed by atoms with Crippen molar-refractivity contribution in [1.82, 2.24) is 5.32 Å². The van der Waals surface area contributed by atoms with Crippen LogP contribution in [0.3, 0.4) is 0 Å². The molecule has 81 heavy (non-hydrogen) atoms. The molecule has 0 bridgehead atoms. The molecule has 0 saturated heterocycles. The Morgan fingerprint density at radius 1 is 0.333 bits per heavy atom. The molecular weight excluding hydrogens is 995 g/mol. The zero-order chi connectivity index (χ0) is 58.5. The molecule has 0 aliphatic carbocycles. The second-order valence-electron chi connectivity index (χ2n) is 26.0. The maximum absolute atomic E-state index is 12.5. The fourth-order valence-corrected chi connectivity index (χ4v) is 12.1. The number of esters is 1. The lowest BCUT2D eigenvalue weighted by Gasteiger charge is -2.22. The van der Waals surface area contributed by atoms with Crippen LogP contribution in [-0.4, -0.2) is 47.4 Å². The first-order valence-corrected chi connectivity index (χ1v) is 37.4. The Morgan fingerprint density at radius 2 is 0.580 bits per heavy atom. The van der Waals surface area contributed by atoms with Crippen molar-refractivity contribution < 1.29 is 24.5 Å². The van der Waals surface area contributed by atoms with Crippen LogP contribution in [0.2, 0.25) is 0 Å². The number of aliphatic hydroxyl groups excluding tert-OH is 2. The standard InChI is InChI=1S/C75H147NO5/c1-3-5-7-9-11-13-15-17-18-19-34-38-41-45-49-53-57-61-65-69-75(80)81-70-66-62-58-54-50-46-42-39-36-33-31-29-27-25-23-21-20-22-24-26-28-30-32-35-37-40-44-48-52-56-60-64-68-74(79)76-72(71-77)73(78)67-63-59-55-51-47-43-16-14-12-10-8-6-4-2/h23,25,72-73,77-78H,3-22,24,26-71H2,1-2H3,(H,76,79)/b25-23-. The van der Waals surface area contributed by atoms with Crippen LogP contribution < -0.4 is 5.32 Å². The van der Waals surface area contributed by atoms with Gasteiger partial charge in [0.25, 0.3) is 0 Å². The van der Waals surface area contributed by atoms with Crippen LogP contribution in [0.4, 0.5) is 0 Å². The number of amides is 1. The average Bonchev–Trinajstić information content (AvgIpc) is 3.47. The number of carbonyl (C=O) groups is 2. The zero-order valence-electron chi connectivity index (χ0n) is 55.3. The van der Waals surface area contributed by atoms with E-state index in [1.54, 1.807) is 0 Å². The van der Waals surface area contributed by atoms with Crippen LogP contribution in [0.25, 0.3) is 0 Å². The number of rotatable bonds is 71. The van der Waals surface area contributed by atoms with Crippen LogP contribution in [0.15, 0.2) is 12.2 Å².